The maximum Gasteiger partial charge on any atom is 0.238 e. The Labute approximate surface area is 121 Å². The largest absolute Gasteiger partial charge is 0.322 e. The molecule has 0 aliphatic carbocycles. The highest BCUT2D eigenvalue weighted by Gasteiger charge is 2.05. The van der Waals surface area contributed by atoms with E-state index >= 15 is 0 Å². The molecule has 0 aliphatic heterocycles. The van der Waals surface area contributed by atoms with Gasteiger partial charge in [0.2, 0.25) is 5.91 Å². The number of hydrogen-bond donors (Lipinski definition) is 2. The quantitative estimate of drug-likeness (QED) is 0.804. The highest BCUT2D eigenvalue weighted by Crippen LogP contribution is 2.11. The number of nitrogens with zero attached hydrogens (tertiary/aromatic N) is 1. The predicted octanol–water partition coefficient (Wildman–Crippen LogP) is 2.36. The zero-order valence-corrected chi connectivity index (χ0v) is 12.0. The molecule has 0 fully saturated rings. The summed E-state index contributed by atoms with van der Waals surface area (Å²) in [5, 5.41) is 8.59. The molecule has 2 rings (SSSR count). The van der Waals surface area contributed by atoms with E-state index in [4.69, 9.17) is 0 Å². The van der Waals surface area contributed by atoms with Crippen molar-refractivity contribution in [3.63, 3.8) is 0 Å². The maximum atomic E-state index is 13.3. The van der Waals surface area contributed by atoms with E-state index in [0.717, 1.165) is 17.1 Å². The van der Waals surface area contributed by atoms with Gasteiger partial charge in [-0.15, -0.1) is 11.3 Å². The predicted molar refractivity (Wildman–Crippen MR) is 78.5 cm³/mol. The molecule has 0 saturated heterocycles. The van der Waals surface area contributed by atoms with Gasteiger partial charge >= 0.3 is 0 Å². The summed E-state index contributed by atoms with van der Waals surface area (Å²) in [4.78, 5) is 16.0. The molecule has 106 valence electrons. The van der Waals surface area contributed by atoms with Crippen LogP contribution in [-0.4, -0.2) is 24.0 Å². The van der Waals surface area contributed by atoms with Crippen molar-refractivity contribution in [1.29, 1.82) is 0 Å². The second-order valence-electron chi connectivity index (χ2n) is 4.31. The number of nitrogens with one attached hydrogen (secondary N) is 2. The summed E-state index contributed by atoms with van der Waals surface area (Å²) in [6, 6.07) is 6.11. The summed E-state index contributed by atoms with van der Waals surface area (Å²) in [5.74, 6) is -0.691. The minimum atomic E-state index is -0.432. The Hall–Kier alpha value is -1.79. The number of anilines is 1. The van der Waals surface area contributed by atoms with E-state index in [0.29, 0.717) is 6.54 Å². The molecule has 0 unspecified atom stereocenters. The summed E-state index contributed by atoms with van der Waals surface area (Å²) in [5.41, 5.74) is 1.23. The number of amides is 1. The van der Waals surface area contributed by atoms with Crippen LogP contribution < -0.4 is 10.6 Å². The Morgan fingerprint density at radius 3 is 2.90 bits per heavy atom. The fourth-order valence-corrected chi connectivity index (χ4v) is 2.35. The summed E-state index contributed by atoms with van der Waals surface area (Å²) in [6.07, 6.45) is 0.775. The van der Waals surface area contributed by atoms with Gasteiger partial charge in [0.15, 0.2) is 0 Å². The third-order valence-corrected chi connectivity index (χ3v) is 3.48. The minimum absolute atomic E-state index is 0.150. The van der Waals surface area contributed by atoms with Gasteiger partial charge in [0.1, 0.15) is 5.82 Å². The van der Waals surface area contributed by atoms with Gasteiger partial charge in [-0.3, -0.25) is 4.79 Å². The van der Waals surface area contributed by atoms with Crippen LogP contribution >= 0.6 is 11.3 Å². The Morgan fingerprint density at radius 1 is 1.40 bits per heavy atom. The SMILES string of the molecule is Cc1nc(CCNCC(=O)Nc2ccccc2F)cs1. The first-order chi connectivity index (χ1) is 9.65. The first-order valence-corrected chi connectivity index (χ1v) is 7.19. The molecule has 2 N–H and O–H groups in total. The van der Waals surface area contributed by atoms with E-state index in [2.05, 4.69) is 15.6 Å². The lowest BCUT2D eigenvalue weighted by molar-refractivity contribution is -0.115. The molecule has 1 amide bonds. The van der Waals surface area contributed by atoms with Crippen LogP contribution in [0.25, 0.3) is 0 Å². The van der Waals surface area contributed by atoms with Crippen molar-refractivity contribution in [2.45, 2.75) is 13.3 Å². The lowest BCUT2D eigenvalue weighted by Crippen LogP contribution is -2.29. The number of thiazole rings is 1. The molecule has 4 nitrogen and oxygen atoms in total. The van der Waals surface area contributed by atoms with Crippen LogP contribution in [0.3, 0.4) is 0 Å². The average Bonchev–Trinajstić information content (AvgIpc) is 2.83. The van der Waals surface area contributed by atoms with E-state index in [1.54, 1.807) is 23.5 Å². The molecule has 0 atom stereocenters. The smallest absolute Gasteiger partial charge is 0.238 e. The molecule has 0 aliphatic rings. The molecule has 0 bridgehead atoms. The van der Waals surface area contributed by atoms with E-state index in [-0.39, 0.29) is 18.1 Å². The van der Waals surface area contributed by atoms with Crippen LogP contribution in [0.5, 0.6) is 0 Å². The fourth-order valence-electron chi connectivity index (χ4n) is 1.70. The van der Waals surface area contributed by atoms with Crippen molar-refractivity contribution in [3.8, 4) is 0 Å². The lowest BCUT2D eigenvalue weighted by atomic mass is 10.3. The fraction of sp³-hybridized carbons (Fsp3) is 0.286. The molecule has 1 aromatic carbocycles. The topological polar surface area (TPSA) is 54.0 Å². The number of halogens is 1. The first kappa shape index (κ1) is 14.6. The Bertz CT molecular complexity index is 585. The molecule has 1 heterocycles. The molecular weight excluding hydrogens is 277 g/mol. The van der Waals surface area contributed by atoms with Gasteiger partial charge in [-0.2, -0.15) is 0 Å². The van der Waals surface area contributed by atoms with Crippen molar-refractivity contribution in [2.75, 3.05) is 18.4 Å². The number of benzene rings is 1. The van der Waals surface area contributed by atoms with Gasteiger partial charge in [-0.05, 0) is 19.1 Å². The van der Waals surface area contributed by atoms with Gasteiger partial charge in [0.05, 0.1) is 22.9 Å². The Kier molecular flexibility index (Phi) is 5.20. The molecule has 2 aromatic rings. The number of rotatable bonds is 6. The average molecular weight is 293 g/mol. The third-order valence-electron chi connectivity index (χ3n) is 2.66. The molecular formula is C14H16FN3OS. The van der Waals surface area contributed by atoms with Crippen LogP contribution in [0.1, 0.15) is 10.7 Å². The summed E-state index contributed by atoms with van der Waals surface area (Å²) in [6.45, 7) is 2.77. The van der Waals surface area contributed by atoms with Crippen LogP contribution in [0.2, 0.25) is 0 Å². The van der Waals surface area contributed by atoms with Crippen LogP contribution in [0.15, 0.2) is 29.6 Å². The number of aromatic nitrogens is 1. The normalized spacial score (nSPS) is 10.5. The second kappa shape index (κ2) is 7.12. The van der Waals surface area contributed by atoms with Gasteiger partial charge in [-0.1, -0.05) is 12.1 Å². The second-order valence-corrected chi connectivity index (χ2v) is 5.37. The Morgan fingerprint density at radius 2 is 2.20 bits per heavy atom. The third kappa shape index (κ3) is 4.40. The van der Waals surface area contributed by atoms with Crippen molar-refractivity contribution < 1.29 is 9.18 Å². The monoisotopic (exact) mass is 293 g/mol. The van der Waals surface area contributed by atoms with Crippen molar-refractivity contribution in [3.05, 3.63) is 46.2 Å². The van der Waals surface area contributed by atoms with Gasteiger partial charge in [0.25, 0.3) is 0 Å². The number of para-hydroxylation sites is 1. The summed E-state index contributed by atoms with van der Waals surface area (Å²) in [7, 11) is 0. The number of carbonyl (C=O) groups excluding carboxylic acids is 1. The zero-order valence-electron chi connectivity index (χ0n) is 11.1. The highest BCUT2D eigenvalue weighted by molar-refractivity contribution is 7.09. The van der Waals surface area contributed by atoms with E-state index in [1.807, 2.05) is 12.3 Å². The van der Waals surface area contributed by atoms with Crippen LogP contribution in [-0.2, 0) is 11.2 Å². The van der Waals surface area contributed by atoms with Gasteiger partial charge in [-0.25, -0.2) is 9.37 Å². The Balaban J connectivity index is 1.69. The highest BCUT2D eigenvalue weighted by atomic mass is 32.1. The number of aryl methyl sites for hydroxylation is 1. The molecule has 20 heavy (non-hydrogen) atoms. The molecule has 0 spiro atoms. The molecule has 0 saturated carbocycles. The first-order valence-electron chi connectivity index (χ1n) is 6.31. The van der Waals surface area contributed by atoms with E-state index in [1.165, 1.54) is 12.1 Å². The number of carbonyl (C=O) groups is 1. The van der Waals surface area contributed by atoms with Crippen molar-refractivity contribution >= 4 is 22.9 Å². The summed E-state index contributed by atoms with van der Waals surface area (Å²) < 4.78 is 13.3. The van der Waals surface area contributed by atoms with Gasteiger partial charge < -0.3 is 10.6 Å². The molecule has 1 aromatic heterocycles. The van der Waals surface area contributed by atoms with Crippen molar-refractivity contribution in [1.82, 2.24) is 10.3 Å². The van der Waals surface area contributed by atoms with E-state index in [9.17, 15) is 9.18 Å². The van der Waals surface area contributed by atoms with Crippen LogP contribution in [0, 0.1) is 12.7 Å². The number of hydrogen-bond acceptors (Lipinski definition) is 4. The lowest BCUT2D eigenvalue weighted by Gasteiger charge is -2.07. The zero-order chi connectivity index (χ0) is 14.4. The standard InChI is InChI=1S/C14H16FN3OS/c1-10-17-11(9-20-10)6-7-16-8-14(19)18-13-5-3-2-4-12(13)15/h2-5,9,16H,6-8H2,1H3,(H,18,19). The molecule has 0 radical (unpaired) electrons. The van der Waals surface area contributed by atoms with Crippen molar-refractivity contribution in [2.24, 2.45) is 0 Å². The summed E-state index contributed by atoms with van der Waals surface area (Å²) >= 11 is 1.61. The van der Waals surface area contributed by atoms with E-state index < -0.39 is 5.82 Å². The van der Waals surface area contributed by atoms with Crippen LogP contribution in [0.4, 0.5) is 10.1 Å². The maximum absolute atomic E-state index is 13.3. The van der Waals surface area contributed by atoms with Gasteiger partial charge in [0, 0.05) is 18.3 Å². The minimum Gasteiger partial charge on any atom is -0.322 e. The molecule has 6 heteroatoms.